The molecule has 1 rings (SSSR count). The molecule has 0 heterocycles. The van der Waals surface area contributed by atoms with Gasteiger partial charge in [0.25, 0.3) is 5.91 Å². The lowest BCUT2D eigenvalue weighted by Crippen LogP contribution is -2.25. The van der Waals surface area contributed by atoms with E-state index in [1.54, 1.807) is 18.2 Å². The molecule has 1 amide bonds. The molecule has 0 unspecified atom stereocenters. The fourth-order valence-electron chi connectivity index (χ4n) is 1.31. The van der Waals surface area contributed by atoms with Gasteiger partial charge in [-0.15, -0.1) is 0 Å². The third-order valence-electron chi connectivity index (χ3n) is 2.14. The second-order valence-corrected chi connectivity index (χ2v) is 3.80. The molecule has 0 aliphatic rings. The van der Waals surface area contributed by atoms with Crippen molar-refractivity contribution in [1.82, 2.24) is 5.32 Å². The number of nitrogens with one attached hydrogen (secondary N) is 1. The Kier molecular flexibility index (Phi) is 5.08. The Morgan fingerprint density at radius 1 is 1.44 bits per heavy atom. The topological polar surface area (TPSA) is 75.4 Å². The number of amides is 1. The van der Waals surface area contributed by atoms with E-state index in [2.05, 4.69) is 5.32 Å². The predicted octanol–water partition coefficient (Wildman–Crippen LogP) is 1.42. The van der Waals surface area contributed by atoms with Gasteiger partial charge in [-0.05, 0) is 25.0 Å². The minimum Gasteiger partial charge on any atom is -0.398 e. The van der Waals surface area contributed by atoms with E-state index < -0.39 is 0 Å². The number of halogens is 1. The van der Waals surface area contributed by atoms with Crippen LogP contribution in [0.5, 0.6) is 0 Å². The monoisotopic (exact) mass is 242 g/mol. The largest absolute Gasteiger partial charge is 0.398 e. The van der Waals surface area contributed by atoms with Crippen molar-refractivity contribution < 1.29 is 9.90 Å². The zero-order chi connectivity index (χ0) is 12.0. The number of aliphatic hydroxyl groups excluding tert-OH is 1. The van der Waals surface area contributed by atoms with E-state index in [0.717, 1.165) is 6.42 Å². The van der Waals surface area contributed by atoms with E-state index in [1.807, 2.05) is 0 Å². The molecule has 0 saturated carbocycles. The summed E-state index contributed by atoms with van der Waals surface area (Å²) in [5.74, 6) is -0.277. The summed E-state index contributed by atoms with van der Waals surface area (Å²) in [5.41, 5.74) is 6.35. The smallest absolute Gasteiger partial charge is 0.254 e. The van der Waals surface area contributed by atoms with Gasteiger partial charge in [0.15, 0.2) is 0 Å². The summed E-state index contributed by atoms with van der Waals surface area (Å²) in [5, 5.41) is 11.6. The van der Waals surface area contributed by atoms with Crippen molar-refractivity contribution in [3.05, 3.63) is 28.8 Å². The number of carbonyl (C=O) groups excluding carboxylic acids is 1. The van der Waals surface area contributed by atoms with Gasteiger partial charge < -0.3 is 16.2 Å². The molecule has 0 spiro atoms. The first-order chi connectivity index (χ1) is 7.66. The lowest BCUT2D eigenvalue weighted by Gasteiger charge is -2.08. The summed E-state index contributed by atoms with van der Waals surface area (Å²) in [6, 6.07) is 4.95. The number of nitrogen functional groups attached to an aromatic ring is 1. The molecule has 0 atom stereocenters. The minimum absolute atomic E-state index is 0.129. The number of carbonyl (C=O) groups is 1. The number of aliphatic hydroxyl groups is 1. The highest BCUT2D eigenvalue weighted by atomic mass is 35.5. The van der Waals surface area contributed by atoms with Crippen molar-refractivity contribution in [3.63, 3.8) is 0 Å². The summed E-state index contributed by atoms with van der Waals surface area (Å²) in [7, 11) is 0. The van der Waals surface area contributed by atoms with Gasteiger partial charge in [-0.25, -0.2) is 0 Å². The number of nitrogens with two attached hydrogens (primary N) is 1. The Bertz CT molecular complexity index is 349. The first-order valence-electron chi connectivity index (χ1n) is 5.10. The van der Waals surface area contributed by atoms with Crippen molar-refractivity contribution >= 4 is 23.2 Å². The van der Waals surface area contributed by atoms with Crippen molar-refractivity contribution in [2.24, 2.45) is 0 Å². The normalized spacial score (nSPS) is 10.1. The van der Waals surface area contributed by atoms with Gasteiger partial charge in [-0.2, -0.15) is 0 Å². The molecule has 16 heavy (non-hydrogen) atoms. The Labute approximate surface area is 99.4 Å². The molecule has 4 N–H and O–H groups in total. The predicted molar refractivity (Wildman–Crippen MR) is 64.5 cm³/mol. The molecular weight excluding hydrogens is 228 g/mol. The molecule has 0 saturated heterocycles. The third kappa shape index (κ3) is 3.40. The third-order valence-corrected chi connectivity index (χ3v) is 2.46. The Morgan fingerprint density at radius 3 is 2.81 bits per heavy atom. The molecular formula is C11H15ClN2O2. The van der Waals surface area contributed by atoms with Gasteiger partial charge in [0, 0.05) is 18.8 Å². The van der Waals surface area contributed by atoms with Crippen molar-refractivity contribution in [1.29, 1.82) is 0 Å². The SMILES string of the molecule is Nc1cccc(Cl)c1C(=O)NCCCCO. The molecule has 0 aliphatic carbocycles. The first kappa shape index (κ1) is 12.8. The average molecular weight is 243 g/mol. The summed E-state index contributed by atoms with van der Waals surface area (Å²) in [6.45, 7) is 0.633. The number of unbranched alkanes of at least 4 members (excludes halogenated alkanes) is 1. The van der Waals surface area contributed by atoms with Crippen LogP contribution in [0.4, 0.5) is 5.69 Å². The lowest BCUT2D eigenvalue weighted by molar-refractivity contribution is 0.0953. The van der Waals surface area contributed by atoms with Crippen LogP contribution in [-0.4, -0.2) is 24.2 Å². The van der Waals surface area contributed by atoms with E-state index in [9.17, 15) is 4.79 Å². The van der Waals surface area contributed by atoms with Crippen molar-refractivity contribution in [2.75, 3.05) is 18.9 Å². The van der Waals surface area contributed by atoms with E-state index in [0.29, 0.717) is 29.2 Å². The van der Waals surface area contributed by atoms with Crippen LogP contribution in [0.15, 0.2) is 18.2 Å². The lowest BCUT2D eigenvalue weighted by atomic mass is 10.1. The summed E-state index contributed by atoms with van der Waals surface area (Å²) < 4.78 is 0. The van der Waals surface area contributed by atoms with Crippen LogP contribution in [-0.2, 0) is 0 Å². The van der Waals surface area contributed by atoms with Gasteiger partial charge in [0.1, 0.15) is 0 Å². The van der Waals surface area contributed by atoms with E-state index in [1.165, 1.54) is 0 Å². The van der Waals surface area contributed by atoms with Crippen LogP contribution < -0.4 is 11.1 Å². The first-order valence-corrected chi connectivity index (χ1v) is 5.47. The number of hydrogen-bond donors (Lipinski definition) is 3. The molecule has 0 aromatic heterocycles. The van der Waals surface area contributed by atoms with Gasteiger partial charge in [0.05, 0.1) is 10.6 Å². The highest BCUT2D eigenvalue weighted by molar-refractivity contribution is 6.34. The van der Waals surface area contributed by atoms with Crippen LogP contribution in [0.1, 0.15) is 23.2 Å². The zero-order valence-electron chi connectivity index (χ0n) is 8.87. The molecule has 1 aromatic rings. The number of benzene rings is 1. The van der Waals surface area contributed by atoms with Gasteiger partial charge in [0.2, 0.25) is 0 Å². The van der Waals surface area contributed by atoms with Gasteiger partial charge >= 0.3 is 0 Å². The van der Waals surface area contributed by atoms with Gasteiger partial charge in [-0.1, -0.05) is 17.7 Å². The van der Waals surface area contributed by atoms with Crippen LogP contribution >= 0.6 is 11.6 Å². The van der Waals surface area contributed by atoms with Crippen LogP contribution in [0.2, 0.25) is 5.02 Å². The molecule has 0 bridgehead atoms. The van der Waals surface area contributed by atoms with Gasteiger partial charge in [-0.3, -0.25) is 4.79 Å². The summed E-state index contributed by atoms with van der Waals surface area (Å²) in [6.07, 6.45) is 1.39. The maximum atomic E-state index is 11.7. The molecule has 88 valence electrons. The molecule has 0 fully saturated rings. The Balaban J connectivity index is 2.59. The number of anilines is 1. The standard InChI is InChI=1S/C11H15ClN2O2/c12-8-4-3-5-9(13)10(8)11(16)14-6-1-2-7-15/h3-5,15H,1-2,6-7,13H2,(H,14,16). The number of rotatable bonds is 5. The van der Waals surface area contributed by atoms with Crippen molar-refractivity contribution in [2.45, 2.75) is 12.8 Å². The van der Waals surface area contributed by atoms with E-state index in [-0.39, 0.29) is 12.5 Å². The average Bonchev–Trinajstić information content (AvgIpc) is 2.24. The summed E-state index contributed by atoms with van der Waals surface area (Å²) >= 11 is 5.88. The molecule has 4 nitrogen and oxygen atoms in total. The second kappa shape index (κ2) is 6.35. The molecule has 1 aromatic carbocycles. The van der Waals surface area contributed by atoms with E-state index in [4.69, 9.17) is 22.4 Å². The molecule has 5 heteroatoms. The number of hydrogen-bond acceptors (Lipinski definition) is 3. The van der Waals surface area contributed by atoms with Crippen LogP contribution in [0.3, 0.4) is 0 Å². The summed E-state index contributed by atoms with van der Waals surface area (Å²) in [4.78, 5) is 11.7. The minimum atomic E-state index is -0.277. The Hall–Kier alpha value is -1.26. The maximum absolute atomic E-state index is 11.7. The maximum Gasteiger partial charge on any atom is 0.254 e. The Morgan fingerprint density at radius 2 is 2.19 bits per heavy atom. The zero-order valence-corrected chi connectivity index (χ0v) is 9.63. The van der Waals surface area contributed by atoms with Crippen LogP contribution in [0.25, 0.3) is 0 Å². The van der Waals surface area contributed by atoms with Crippen molar-refractivity contribution in [3.8, 4) is 0 Å². The van der Waals surface area contributed by atoms with Crippen LogP contribution in [0, 0.1) is 0 Å². The molecule has 0 radical (unpaired) electrons. The van der Waals surface area contributed by atoms with E-state index >= 15 is 0 Å². The fourth-order valence-corrected chi connectivity index (χ4v) is 1.58. The quantitative estimate of drug-likeness (QED) is 0.540. The second-order valence-electron chi connectivity index (χ2n) is 3.39. The highest BCUT2D eigenvalue weighted by Crippen LogP contribution is 2.21. The highest BCUT2D eigenvalue weighted by Gasteiger charge is 2.12. The fraction of sp³-hybridized carbons (Fsp3) is 0.364. The molecule has 0 aliphatic heterocycles.